The van der Waals surface area contributed by atoms with E-state index in [9.17, 15) is 4.79 Å². The van der Waals surface area contributed by atoms with Crippen LogP contribution in [0.2, 0.25) is 5.02 Å². The molecule has 0 aromatic heterocycles. The molecule has 4 heteroatoms. The van der Waals surface area contributed by atoms with E-state index in [4.69, 9.17) is 11.6 Å². The van der Waals surface area contributed by atoms with Crippen molar-refractivity contribution in [1.29, 1.82) is 0 Å². The number of carbonyl (C=O) groups is 1. The van der Waals surface area contributed by atoms with Crippen molar-refractivity contribution in [3.63, 3.8) is 0 Å². The van der Waals surface area contributed by atoms with Crippen molar-refractivity contribution in [2.75, 3.05) is 32.7 Å². The summed E-state index contributed by atoms with van der Waals surface area (Å²) in [5.74, 6) is 0.309. The number of hydrogen-bond donors (Lipinski definition) is 0. The Hall–Kier alpha value is -0.900. The second-order valence-electron chi connectivity index (χ2n) is 7.09. The molecule has 0 amide bonds. The largest absolute Gasteiger partial charge is 0.300 e. The van der Waals surface area contributed by atoms with E-state index in [1.807, 2.05) is 38.1 Å². The summed E-state index contributed by atoms with van der Waals surface area (Å²) in [6, 6.07) is 8.36. The summed E-state index contributed by atoms with van der Waals surface area (Å²) in [4.78, 5) is 17.6. The molecule has 128 valence electrons. The van der Waals surface area contributed by atoms with Gasteiger partial charge in [-0.3, -0.25) is 14.6 Å². The quantitative estimate of drug-likeness (QED) is 0.791. The Morgan fingerprint density at radius 2 is 1.61 bits per heavy atom. The third-order valence-corrected chi connectivity index (χ3v) is 5.01. The summed E-state index contributed by atoms with van der Waals surface area (Å²) in [6.07, 6.45) is 0. The zero-order valence-corrected chi connectivity index (χ0v) is 15.5. The van der Waals surface area contributed by atoms with E-state index >= 15 is 0 Å². The fraction of sp³-hybridized carbons (Fsp3) is 0.632. The van der Waals surface area contributed by atoms with Crippen molar-refractivity contribution in [2.45, 2.75) is 39.7 Å². The van der Waals surface area contributed by atoms with E-state index in [0.717, 1.165) is 43.3 Å². The molecule has 23 heavy (non-hydrogen) atoms. The van der Waals surface area contributed by atoms with Gasteiger partial charge in [0.05, 0.1) is 5.92 Å². The number of nitrogens with zero attached hydrogens (tertiary/aromatic N) is 2. The van der Waals surface area contributed by atoms with Crippen molar-refractivity contribution in [1.82, 2.24) is 9.80 Å². The van der Waals surface area contributed by atoms with Crippen molar-refractivity contribution in [2.24, 2.45) is 5.92 Å². The maximum atomic E-state index is 12.7. The lowest BCUT2D eigenvalue weighted by Gasteiger charge is -2.38. The molecule has 0 unspecified atom stereocenters. The summed E-state index contributed by atoms with van der Waals surface area (Å²) in [5, 5.41) is 0.718. The lowest BCUT2D eigenvalue weighted by Crippen LogP contribution is -2.50. The van der Waals surface area contributed by atoms with Gasteiger partial charge >= 0.3 is 0 Å². The van der Waals surface area contributed by atoms with Crippen molar-refractivity contribution < 1.29 is 4.79 Å². The zero-order chi connectivity index (χ0) is 17.0. The number of rotatable bonds is 6. The molecule has 1 aromatic rings. The topological polar surface area (TPSA) is 23.6 Å². The van der Waals surface area contributed by atoms with Gasteiger partial charge in [-0.25, -0.2) is 0 Å². The Morgan fingerprint density at radius 1 is 1.04 bits per heavy atom. The first kappa shape index (κ1) is 18.4. The average Bonchev–Trinajstić information content (AvgIpc) is 2.53. The number of ketones is 1. The molecule has 3 nitrogen and oxygen atoms in total. The number of piperazine rings is 1. The van der Waals surface area contributed by atoms with Crippen molar-refractivity contribution in [3.05, 3.63) is 34.9 Å². The molecule has 1 aromatic carbocycles. The van der Waals surface area contributed by atoms with Crippen LogP contribution in [-0.4, -0.2) is 54.3 Å². The number of benzene rings is 1. The van der Waals surface area contributed by atoms with Crippen LogP contribution in [0.15, 0.2) is 24.3 Å². The van der Waals surface area contributed by atoms with Crippen LogP contribution < -0.4 is 0 Å². The predicted molar refractivity (Wildman–Crippen MR) is 97.2 cm³/mol. The first-order chi connectivity index (χ1) is 10.9. The predicted octanol–water partition coefficient (Wildman–Crippen LogP) is 3.67. The van der Waals surface area contributed by atoms with Gasteiger partial charge in [-0.2, -0.15) is 0 Å². The fourth-order valence-corrected chi connectivity index (χ4v) is 3.30. The van der Waals surface area contributed by atoms with Crippen LogP contribution >= 0.6 is 11.6 Å². The molecule has 1 saturated heterocycles. The second-order valence-corrected chi connectivity index (χ2v) is 7.53. The Bertz CT molecular complexity index is 505. The van der Waals surface area contributed by atoms with Crippen LogP contribution in [0.5, 0.6) is 0 Å². The molecule has 1 fully saturated rings. The molecule has 1 atom stereocenters. The SMILES string of the molecule is CC(C)C(=O)[C@H](CN1CCN(C(C)C)CC1)c1ccc(Cl)cc1. The Kier molecular flexibility index (Phi) is 6.63. The van der Waals surface area contributed by atoms with Gasteiger partial charge in [0.2, 0.25) is 0 Å². The minimum atomic E-state index is -0.0575. The second kappa shape index (κ2) is 8.27. The van der Waals surface area contributed by atoms with Gasteiger partial charge in [0, 0.05) is 49.7 Å². The minimum Gasteiger partial charge on any atom is -0.300 e. The van der Waals surface area contributed by atoms with Crippen LogP contribution in [-0.2, 0) is 4.79 Å². The van der Waals surface area contributed by atoms with Gasteiger partial charge in [-0.15, -0.1) is 0 Å². The highest BCUT2D eigenvalue weighted by molar-refractivity contribution is 6.30. The summed E-state index contributed by atoms with van der Waals surface area (Å²) < 4.78 is 0. The lowest BCUT2D eigenvalue weighted by molar-refractivity contribution is -0.124. The molecule has 0 N–H and O–H groups in total. The zero-order valence-electron chi connectivity index (χ0n) is 14.8. The molecule has 1 heterocycles. The molecular weight excluding hydrogens is 308 g/mol. The van der Waals surface area contributed by atoms with Crippen LogP contribution in [0.1, 0.15) is 39.2 Å². The summed E-state index contributed by atoms with van der Waals surface area (Å²) in [7, 11) is 0. The van der Waals surface area contributed by atoms with Crippen LogP contribution in [0.3, 0.4) is 0 Å². The van der Waals surface area contributed by atoms with Gasteiger partial charge in [0.15, 0.2) is 0 Å². The molecule has 0 bridgehead atoms. The van der Waals surface area contributed by atoms with Crippen LogP contribution in [0.25, 0.3) is 0 Å². The van der Waals surface area contributed by atoms with Crippen LogP contribution in [0.4, 0.5) is 0 Å². The summed E-state index contributed by atoms with van der Waals surface area (Å²) in [5.41, 5.74) is 1.08. The maximum absolute atomic E-state index is 12.7. The molecule has 0 spiro atoms. The number of Topliss-reactive ketones (excluding diaryl/α,β-unsaturated/α-hetero) is 1. The highest BCUT2D eigenvalue weighted by Gasteiger charge is 2.27. The highest BCUT2D eigenvalue weighted by Crippen LogP contribution is 2.24. The molecule has 1 aliphatic rings. The highest BCUT2D eigenvalue weighted by atomic mass is 35.5. The molecule has 0 saturated carbocycles. The first-order valence-electron chi connectivity index (χ1n) is 8.64. The number of hydrogen-bond acceptors (Lipinski definition) is 3. The monoisotopic (exact) mass is 336 g/mol. The van der Waals surface area contributed by atoms with E-state index in [1.54, 1.807) is 0 Å². The third-order valence-electron chi connectivity index (χ3n) is 4.76. The molecule has 1 aliphatic heterocycles. The molecular formula is C19H29ClN2O. The summed E-state index contributed by atoms with van der Waals surface area (Å²) in [6.45, 7) is 13.5. The maximum Gasteiger partial charge on any atom is 0.144 e. The van der Waals surface area contributed by atoms with Crippen LogP contribution in [0, 0.1) is 5.92 Å². The molecule has 0 radical (unpaired) electrons. The van der Waals surface area contributed by atoms with Gasteiger partial charge in [0.1, 0.15) is 5.78 Å². The Labute approximate surface area is 145 Å². The van der Waals surface area contributed by atoms with Gasteiger partial charge in [0.25, 0.3) is 0 Å². The standard InChI is InChI=1S/C19H29ClN2O/c1-14(2)19(23)18(16-5-7-17(20)8-6-16)13-21-9-11-22(12-10-21)15(3)4/h5-8,14-15,18H,9-13H2,1-4H3/t18-/m1/s1. The van der Waals surface area contributed by atoms with E-state index in [2.05, 4.69) is 23.6 Å². The Balaban J connectivity index is 2.07. The van der Waals surface area contributed by atoms with Gasteiger partial charge in [-0.1, -0.05) is 37.6 Å². The van der Waals surface area contributed by atoms with Gasteiger partial charge in [-0.05, 0) is 31.5 Å². The van der Waals surface area contributed by atoms with Gasteiger partial charge < -0.3 is 0 Å². The van der Waals surface area contributed by atoms with E-state index in [0.29, 0.717) is 11.8 Å². The van der Waals surface area contributed by atoms with Crippen molar-refractivity contribution in [3.8, 4) is 0 Å². The lowest BCUT2D eigenvalue weighted by atomic mass is 9.88. The minimum absolute atomic E-state index is 0.0487. The average molecular weight is 337 g/mol. The molecule has 2 rings (SSSR count). The third kappa shape index (κ3) is 5.03. The molecule has 0 aliphatic carbocycles. The number of carbonyl (C=O) groups excluding carboxylic acids is 1. The Morgan fingerprint density at radius 3 is 2.09 bits per heavy atom. The van der Waals surface area contributed by atoms with E-state index < -0.39 is 0 Å². The van der Waals surface area contributed by atoms with E-state index in [-0.39, 0.29) is 11.8 Å². The van der Waals surface area contributed by atoms with Crippen molar-refractivity contribution >= 4 is 17.4 Å². The summed E-state index contributed by atoms with van der Waals surface area (Å²) >= 11 is 6.00. The first-order valence-corrected chi connectivity index (χ1v) is 9.02. The normalized spacial score (nSPS) is 18.6. The fourth-order valence-electron chi connectivity index (χ4n) is 3.18. The smallest absolute Gasteiger partial charge is 0.144 e. The number of halogens is 1. The van der Waals surface area contributed by atoms with E-state index in [1.165, 1.54) is 0 Å².